The summed E-state index contributed by atoms with van der Waals surface area (Å²) in [5.41, 5.74) is -0.0520. The Morgan fingerprint density at radius 2 is 1.69 bits per heavy atom. The van der Waals surface area contributed by atoms with Crippen LogP contribution in [0.25, 0.3) is 0 Å². The molecular formula is C14H29NO. The third-order valence-electron chi connectivity index (χ3n) is 3.80. The van der Waals surface area contributed by atoms with E-state index >= 15 is 0 Å². The molecule has 0 aliphatic carbocycles. The molecule has 0 bridgehead atoms. The zero-order valence-corrected chi connectivity index (χ0v) is 11.7. The van der Waals surface area contributed by atoms with Crippen LogP contribution in [0.5, 0.6) is 0 Å². The van der Waals surface area contributed by atoms with Crippen LogP contribution < -0.4 is 0 Å². The average Bonchev–Trinajstić information content (AvgIpc) is 2.15. The molecule has 1 aliphatic heterocycles. The Hall–Kier alpha value is -0.0800. The van der Waals surface area contributed by atoms with E-state index in [-0.39, 0.29) is 0 Å². The maximum absolute atomic E-state index is 10.5. The standard InChI is InChI=1S/C14H29NO/c1-12(2)15-10-8-14(16,9-11-15)7-6-13(3,4)5/h12,16H,6-11H2,1-5H3. The first-order valence-electron chi connectivity index (χ1n) is 6.68. The van der Waals surface area contributed by atoms with E-state index in [2.05, 4.69) is 39.5 Å². The summed E-state index contributed by atoms with van der Waals surface area (Å²) >= 11 is 0. The van der Waals surface area contributed by atoms with Crippen LogP contribution in [0.3, 0.4) is 0 Å². The molecule has 0 saturated carbocycles. The van der Waals surface area contributed by atoms with Gasteiger partial charge >= 0.3 is 0 Å². The highest BCUT2D eigenvalue weighted by Crippen LogP contribution is 2.32. The number of piperidine rings is 1. The molecular weight excluding hydrogens is 198 g/mol. The van der Waals surface area contributed by atoms with Gasteiger partial charge in [-0.15, -0.1) is 0 Å². The zero-order valence-electron chi connectivity index (χ0n) is 11.7. The highest BCUT2D eigenvalue weighted by atomic mass is 16.3. The highest BCUT2D eigenvalue weighted by Gasteiger charge is 2.33. The van der Waals surface area contributed by atoms with Crippen molar-refractivity contribution >= 4 is 0 Å². The summed E-state index contributed by atoms with van der Waals surface area (Å²) in [4.78, 5) is 2.46. The van der Waals surface area contributed by atoms with Gasteiger partial charge in [-0.3, -0.25) is 0 Å². The number of nitrogens with zero attached hydrogens (tertiary/aromatic N) is 1. The van der Waals surface area contributed by atoms with E-state index in [0.29, 0.717) is 11.5 Å². The second kappa shape index (κ2) is 5.05. The van der Waals surface area contributed by atoms with Gasteiger partial charge in [-0.1, -0.05) is 20.8 Å². The molecule has 0 unspecified atom stereocenters. The summed E-state index contributed by atoms with van der Waals surface area (Å²) in [5.74, 6) is 0. The lowest BCUT2D eigenvalue weighted by molar-refractivity contribution is -0.0401. The van der Waals surface area contributed by atoms with Crippen molar-refractivity contribution in [3.05, 3.63) is 0 Å². The van der Waals surface area contributed by atoms with E-state index in [4.69, 9.17) is 0 Å². The summed E-state index contributed by atoms with van der Waals surface area (Å²) in [6.07, 6.45) is 3.97. The highest BCUT2D eigenvalue weighted by molar-refractivity contribution is 4.87. The summed E-state index contributed by atoms with van der Waals surface area (Å²) in [5, 5.41) is 10.5. The van der Waals surface area contributed by atoms with Crippen LogP contribution in [-0.2, 0) is 0 Å². The Bertz CT molecular complexity index is 209. The molecule has 2 heteroatoms. The molecule has 0 atom stereocenters. The SMILES string of the molecule is CC(C)N1CCC(O)(CCC(C)(C)C)CC1. The zero-order chi connectivity index (χ0) is 12.4. The number of likely N-dealkylation sites (tertiary alicyclic amines) is 1. The van der Waals surface area contributed by atoms with Gasteiger partial charge in [0.15, 0.2) is 0 Å². The van der Waals surface area contributed by atoms with Crippen LogP contribution in [0.1, 0.15) is 60.3 Å². The molecule has 0 aromatic rings. The lowest BCUT2D eigenvalue weighted by Crippen LogP contribution is -2.47. The number of hydrogen-bond acceptors (Lipinski definition) is 2. The maximum atomic E-state index is 10.5. The van der Waals surface area contributed by atoms with Gasteiger partial charge in [0.1, 0.15) is 0 Å². The molecule has 0 amide bonds. The van der Waals surface area contributed by atoms with Crippen LogP contribution >= 0.6 is 0 Å². The van der Waals surface area contributed by atoms with Crippen molar-refractivity contribution in [3.63, 3.8) is 0 Å². The van der Waals surface area contributed by atoms with E-state index in [1.807, 2.05) is 0 Å². The smallest absolute Gasteiger partial charge is 0.0672 e. The molecule has 1 fully saturated rings. The molecule has 0 aromatic carbocycles. The molecule has 96 valence electrons. The Morgan fingerprint density at radius 3 is 2.06 bits per heavy atom. The summed E-state index contributed by atoms with van der Waals surface area (Å²) in [6.45, 7) is 13.3. The monoisotopic (exact) mass is 227 g/mol. The van der Waals surface area contributed by atoms with Gasteiger partial charge in [0.05, 0.1) is 5.60 Å². The van der Waals surface area contributed by atoms with Gasteiger partial charge in [-0.2, -0.15) is 0 Å². The fraction of sp³-hybridized carbons (Fsp3) is 1.00. The number of aliphatic hydroxyl groups is 1. The first-order valence-corrected chi connectivity index (χ1v) is 6.68. The van der Waals surface area contributed by atoms with Crippen molar-refractivity contribution < 1.29 is 5.11 Å². The van der Waals surface area contributed by atoms with Crippen molar-refractivity contribution in [1.82, 2.24) is 4.90 Å². The van der Waals surface area contributed by atoms with E-state index in [1.54, 1.807) is 0 Å². The summed E-state index contributed by atoms with van der Waals surface area (Å²) < 4.78 is 0. The minimum atomic E-state index is -0.390. The van der Waals surface area contributed by atoms with Crippen LogP contribution in [-0.4, -0.2) is 34.7 Å². The quantitative estimate of drug-likeness (QED) is 0.801. The largest absolute Gasteiger partial charge is 0.390 e. The molecule has 1 N–H and O–H groups in total. The molecule has 1 saturated heterocycles. The third-order valence-corrected chi connectivity index (χ3v) is 3.80. The third kappa shape index (κ3) is 4.42. The predicted octanol–water partition coefficient (Wildman–Crippen LogP) is 3.05. The van der Waals surface area contributed by atoms with Gasteiger partial charge < -0.3 is 10.0 Å². The fourth-order valence-corrected chi connectivity index (χ4v) is 2.31. The van der Waals surface area contributed by atoms with Crippen molar-refractivity contribution in [2.24, 2.45) is 5.41 Å². The summed E-state index contributed by atoms with van der Waals surface area (Å²) in [7, 11) is 0. The second-order valence-electron chi connectivity index (χ2n) is 6.91. The first kappa shape index (κ1) is 14.0. The minimum absolute atomic E-state index is 0.338. The topological polar surface area (TPSA) is 23.5 Å². The predicted molar refractivity (Wildman–Crippen MR) is 69.6 cm³/mol. The van der Waals surface area contributed by atoms with Crippen molar-refractivity contribution in [2.75, 3.05) is 13.1 Å². The Morgan fingerprint density at radius 1 is 1.19 bits per heavy atom. The number of rotatable bonds is 3. The van der Waals surface area contributed by atoms with E-state index in [1.165, 1.54) is 0 Å². The van der Waals surface area contributed by atoms with E-state index in [9.17, 15) is 5.11 Å². The minimum Gasteiger partial charge on any atom is -0.390 e. The molecule has 1 rings (SSSR count). The molecule has 1 aliphatic rings. The molecule has 16 heavy (non-hydrogen) atoms. The van der Waals surface area contributed by atoms with Gasteiger partial charge in [0.25, 0.3) is 0 Å². The van der Waals surface area contributed by atoms with Gasteiger partial charge in [0, 0.05) is 19.1 Å². The van der Waals surface area contributed by atoms with E-state index < -0.39 is 5.60 Å². The van der Waals surface area contributed by atoms with Crippen LogP contribution in [0.4, 0.5) is 0 Å². The Balaban J connectivity index is 2.38. The van der Waals surface area contributed by atoms with Gasteiger partial charge in [-0.05, 0) is 44.9 Å². The molecule has 1 heterocycles. The van der Waals surface area contributed by atoms with Crippen LogP contribution in [0.2, 0.25) is 0 Å². The molecule has 0 spiro atoms. The van der Waals surface area contributed by atoms with Crippen LogP contribution in [0, 0.1) is 5.41 Å². The van der Waals surface area contributed by atoms with Crippen LogP contribution in [0.15, 0.2) is 0 Å². The lowest BCUT2D eigenvalue weighted by Gasteiger charge is -2.41. The molecule has 0 radical (unpaired) electrons. The van der Waals surface area contributed by atoms with E-state index in [0.717, 1.165) is 38.8 Å². The lowest BCUT2D eigenvalue weighted by atomic mass is 9.80. The van der Waals surface area contributed by atoms with Crippen molar-refractivity contribution in [1.29, 1.82) is 0 Å². The Labute approximate surface area is 101 Å². The van der Waals surface area contributed by atoms with Crippen molar-refractivity contribution in [2.45, 2.75) is 71.9 Å². The second-order valence-corrected chi connectivity index (χ2v) is 6.91. The molecule has 0 aromatic heterocycles. The normalized spacial score (nSPS) is 22.7. The van der Waals surface area contributed by atoms with Gasteiger partial charge in [0.2, 0.25) is 0 Å². The Kier molecular flexibility index (Phi) is 4.42. The van der Waals surface area contributed by atoms with Crippen molar-refractivity contribution in [3.8, 4) is 0 Å². The van der Waals surface area contributed by atoms with Gasteiger partial charge in [-0.25, -0.2) is 0 Å². The first-order chi connectivity index (χ1) is 7.22. The average molecular weight is 227 g/mol. The number of hydrogen-bond donors (Lipinski definition) is 1. The maximum Gasteiger partial charge on any atom is 0.0672 e. The fourth-order valence-electron chi connectivity index (χ4n) is 2.31. The summed E-state index contributed by atoms with van der Waals surface area (Å²) in [6, 6.07) is 0.618. The molecule has 2 nitrogen and oxygen atoms in total.